The Morgan fingerprint density at radius 3 is 2.94 bits per heavy atom. The van der Waals surface area contributed by atoms with Crippen molar-refractivity contribution in [2.75, 3.05) is 13.2 Å². The number of hydrogen-bond donors (Lipinski definition) is 1. The minimum absolute atomic E-state index is 0.233. The second-order valence-corrected chi connectivity index (χ2v) is 4.99. The molecule has 5 heteroatoms. The van der Waals surface area contributed by atoms with Crippen molar-refractivity contribution in [1.29, 1.82) is 0 Å². The molecular weight excluding hydrogens is 238 g/mol. The summed E-state index contributed by atoms with van der Waals surface area (Å²) in [5, 5.41) is 14.5. The predicted molar refractivity (Wildman–Crippen MR) is 68.2 cm³/mol. The number of nitrogens with zero attached hydrogens (tertiary/aromatic N) is 3. The maximum atomic E-state index is 9.32. The monoisotopic (exact) mass is 257 g/mol. The third kappa shape index (κ3) is 2.49. The SMILES string of the molecule is CCn1nc(C)c(Cl)c1CN1CCC[C@@H]1CO. The number of rotatable bonds is 4. The Hall–Kier alpha value is -0.580. The van der Waals surface area contributed by atoms with Crippen LogP contribution in [-0.2, 0) is 13.1 Å². The van der Waals surface area contributed by atoms with E-state index in [9.17, 15) is 5.11 Å². The van der Waals surface area contributed by atoms with Gasteiger partial charge in [0.1, 0.15) is 0 Å². The summed E-state index contributed by atoms with van der Waals surface area (Å²) >= 11 is 6.29. The number of aliphatic hydroxyl groups excluding tert-OH is 1. The number of aromatic nitrogens is 2. The van der Waals surface area contributed by atoms with Crippen LogP contribution in [0.15, 0.2) is 0 Å². The van der Waals surface area contributed by atoms with Crippen LogP contribution >= 0.6 is 11.6 Å². The minimum Gasteiger partial charge on any atom is -0.395 e. The van der Waals surface area contributed by atoms with Gasteiger partial charge in [0, 0.05) is 19.1 Å². The average molecular weight is 258 g/mol. The molecule has 17 heavy (non-hydrogen) atoms. The fraction of sp³-hybridized carbons (Fsp3) is 0.750. The summed E-state index contributed by atoms with van der Waals surface area (Å²) in [6.45, 7) is 6.90. The first-order valence-electron chi connectivity index (χ1n) is 6.24. The molecule has 1 aromatic rings. The topological polar surface area (TPSA) is 41.3 Å². The molecule has 1 aliphatic rings. The summed E-state index contributed by atoms with van der Waals surface area (Å²) in [5.74, 6) is 0. The smallest absolute Gasteiger partial charge is 0.0860 e. The highest BCUT2D eigenvalue weighted by molar-refractivity contribution is 6.31. The normalized spacial score (nSPS) is 21.3. The highest BCUT2D eigenvalue weighted by Gasteiger charge is 2.26. The maximum Gasteiger partial charge on any atom is 0.0860 e. The van der Waals surface area contributed by atoms with E-state index < -0.39 is 0 Å². The van der Waals surface area contributed by atoms with Crippen LogP contribution in [0.2, 0.25) is 5.02 Å². The Labute approximate surface area is 107 Å². The number of aryl methyl sites for hydroxylation is 2. The Morgan fingerprint density at radius 2 is 2.29 bits per heavy atom. The van der Waals surface area contributed by atoms with Gasteiger partial charge < -0.3 is 5.11 Å². The molecule has 1 fully saturated rings. The largest absolute Gasteiger partial charge is 0.395 e. The van der Waals surface area contributed by atoms with Crippen LogP contribution in [0.4, 0.5) is 0 Å². The standard InChI is InChI=1S/C12H20ClN3O/c1-3-16-11(12(13)9(2)14-16)7-15-6-4-5-10(15)8-17/h10,17H,3-8H2,1-2H3/t10-/m1/s1. The first-order chi connectivity index (χ1) is 8.17. The number of hydrogen-bond acceptors (Lipinski definition) is 3. The highest BCUT2D eigenvalue weighted by Crippen LogP contribution is 2.25. The third-order valence-corrected chi connectivity index (χ3v) is 4.01. The Bertz CT molecular complexity index is 391. The van der Waals surface area contributed by atoms with E-state index in [0.29, 0.717) is 0 Å². The van der Waals surface area contributed by atoms with Crippen LogP contribution < -0.4 is 0 Å². The molecule has 1 N–H and O–H groups in total. The van der Waals surface area contributed by atoms with E-state index in [2.05, 4.69) is 16.9 Å². The average Bonchev–Trinajstić information content (AvgIpc) is 2.88. The molecular formula is C12H20ClN3O. The zero-order valence-corrected chi connectivity index (χ0v) is 11.2. The summed E-state index contributed by atoms with van der Waals surface area (Å²) in [5.41, 5.74) is 1.97. The Balaban J connectivity index is 2.17. The van der Waals surface area contributed by atoms with Crippen molar-refractivity contribution < 1.29 is 5.11 Å². The molecule has 0 aliphatic carbocycles. The van der Waals surface area contributed by atoms with Crippen molar-refractivity contribution in [3.63, 3.8) is 0 Å². The van der Waals surface area contributed by atoms with Crippen molar-refractivity contribution in [2.24, 2.45) is 0 Å². The number of halogens is 1. The lowest BCUT2D eigenvalue weighted by Gasteiger charge is -2.23. The molecule has 1 aromatic heterocycles. The second kappa shape index (κ2) is 5.38. The van der Waals surface area contributed by atoms with Gasteiger partial charge in [0.25, 0.3) is 0 Å². The molecule has 0 radical (unpaired) electrons. The molecule has 0 saturated carbocycles. The van der Waals surface area contributed by atoms with Gasteiger partial charge in [0.15, 0.2) is 0 Å². The van der Waals surface area contributed by atoms with Crippen LogP contribution in [0.25, 0.3) is 0 Å². The Morgan fingerprint density at radius 1 is 1.53 bits per heavy atom. The second-order valence-electron chi connectivity index (χ2n) is 4.61. The first kappa shape index (κ1) is 12.9. The lowest BCUT2D eigenvalue weighted by atomic mass is 10.2. The molecule has 1 aliphatic heterocycles. The van der Waals surface area contributed by atoms with Crippen molar-refractivity contribution in [2.45, 2.75) is 45.8 Å². The van der Waals surface area contributed by atoms with Gasteiger partial charge in [0.2, 0.25) is 0 Å². The minimum atomic E-state index is 0.233. The van der Waals surface area contributed by atoms with Gasteiger partial charge in [-0.2, -0.15) is 5.10 Å². The van der Waals surface area contributed by atoms with Gasteiger partial charge in [-0.15, -0.1) is 0 Å². The van der Waals surface area contributed by atoms with Crippen LogP contribution in [0, 0.1) is 6.92 Å². The Kier molecular flexibility index (Phi) is 4.07. The van der Waals surface area contributed by atoms with E-state index in [4.69, 9.17) is 11.6 Å². The zero-order valence-electron chi connectivity index (χ0n) is 10.5. The van der Waals surface area contributed by atoms with Gasteiger partial charge in [0.05, 0.1) is 23.0 Å². The van der Waals surface area contributed by atoms with Crippen LogP contribution in [0.5, 0.6) is 0 Å². The highest BCUT2D eigenvalue weighted by atomic mass is 35.5. The molecule has 0 spiro atoms. The van der Waals surface area contributed by atoms with Crippen LogP contribution in [0.1, 0.15) is 31.2 Å². The summed E-state index contributed by atoms with van der Waals surface area (Å²) in [6.07, 6.45) is 2.23. The van der Waals surface area contributed by atoms with Crippen molar-refractivity contribution in [3.05, 3.63) is 16.4 Å². The fourth-order valence-electron chi connectivity index (χ4n) is 2.52. The van der Waals surface area contributed by atoms with Gasteiger partial charge in [-0.25, -0.2) is 0 Å². The molecule has 0 unspecified atom stereocenters. The van der Waals surface area contributed by atoms with E-state index in [1.165, 1.54) is 0 Å². The van der Waals surface area contributed by atoms with Crippen LogP contribution in [-0.4, -0.2) is 39.0 Å². The molecule has 0 bridgehead atoms. The van der Waals surface area contributed by atoms with E-state index in [1.54, 1.807) is 0 Å². The molecule has 2 rings (SSSR count). The fourth-order valence-corrected chi connectivity index (χ4v) is 2.72. The van der Waals surface area contributed by atoms with Crippen LogP contribution in [0.3, 0.4) is 0 Å². The summed E-state index contributed by atoms with van der Waals surface area (Å²) in [7, 11) is 0. The molecule has 0 amide bonds. The van der Waals surface area contributed by atoms with Gasteiger partial charge in [-0.1, -0.05) is 11.6 Å². The first-order valence-corrected chi connectivity index (χ1v) is 6.61. The quantitative estimate of drug-likeness (QED) is 0.895. The van der Waals surface area contributed by atoms with Crippen molar-refractivity contribution >= 4 is 11.6 Å². The van der Waals surface area contributed by atoms with E-state index in [-0.39, 0.29) is 12.6 Å². The third-order valence-electron chi connectivity index (χ3n) is 3.52. The number of aliphatic hydroxyl groups is 1. The number of likely N-dealkylation sites (tertiary alicyclic amines) is 1. The van der Waals surface area contributed by atoms with Gasteiger partial charge in [-0.3, -0.25) is 9.58 Å². The maximum absolute atomic E-state index is 9.32. The molecule has 0 aromatic carbocycles. The summed E-state index contributed by atoms with van der Waals surface area (Å²) in [6, 6.07) is 0.284. The van der Waals surface area contributed by atoms with E-state index >= 15 is 0 Å². The zero-order chi connectivity index (χ0) is 12.4. The van der Waals surface area contributed by atoms with E-state index in [0.717, 1.165) is 48.9 Å². The lowest BCUT2D eigenvalue weighted by Crippen LogP contribution is -2.32. The van der Waals surface area contributed by atoms with Crippen molar-refractivity contribution in [1.82, 2.24) is 14.7 Å². The van der Waals surface area contributed by atoms with Crippen molar-refractivity contribution in [3.8, 4) is 0 Å². The molecule has 1 atom stereocenters. The predicted octanol–water partition coefficient (Wildman–Crippen LogP) is 1.82. The van der Waals surface area contributed by atoms with E-state index in [1.807, 2.05) is 11.6 Å². The lowest BCUT2D eigenvalue weighted by molar-refractivity contribution is 0.151. The molecule has 4 nitrogen and oxygen atoms in total. The molecule has 96 valence electrons. The summed E-state index contributed by atoms with van der Waals surface area (Å²) < 4.78 is 1.96. The molecule has 2 heterocycles. The van der Waals surface area contributed by atoms with Gasteiger partial charge in [-0.05, 0) is 33.2 Å². The van der Waals surface area contributed by atoms with Gasteiger partial charge >= 0.3 is 0 Å². The molecule has 1 saturated heterocycles. The summed E-state index contributed by atoms with van der Waals surface area (Å²) in [4.78, 5) is 2.30.